The van der Waals surface area contributed by atoms with E-state index < -0.39 is 0 Å². The number of anilines is 1. The minimum absolute atomic E-state index is 0.302. The molecule has 0 bridgehead atoms. The molecule has 2 aliphatic rings. The quantitative estimate of drug-likeness (QED) is 0.869. The van der Waals surface area contributed by atoms with Crippen molar-refractivity contribution >= 4 is 17.2 Å². The second kappa shape index (κ2) is 7.21. The minimum atomic E-state index is 0.302. The van der Waals surface area contributed by atoms with Crippen molar-refractivity contribution in [3.8, 4) is 0 Å². The number of pyridine rings is 1. The highest BCUT2D eigenvalue weighted by Gasteiger charge is 2.47. The SMILES string of the molecule is c1ccc(NCC[C@]23CCO[C@H]2CCN(Cc2ccsc2)C3)nc1. The van der Waals surface area contributed by atoms with E-state index in [0.717, 1.165) is 51.4 Å². The van der Waals surface area contributed by atoms with Crippen LogP contribution >= 0.6 is 11.3 Å². The van der Waals surface area contributed by atoms with Crippen LogP contribution in [0.5, 0.6) is 0 Å². The van der Waals surface area contributed by atoms with Crippen molar-refractivity contribution in [2.24, 2.45) is 5.41 Å². The van der Waals surface area contributed by atoms with E-state index in [0.29, 0.717) is 11.5 Å². The van der Waals surface area contributed by atoms with E-state index in [4.69, 9.17) is 4.74 Å². The molecule has 0 amide bonds. The molecule has 1 N–H and O–H groups in total. The van der Waals surface area contributed by atoms with Crippen LogP contribution in [-0.4, -0.2) is 42.2 Å². The Labute approximate surface area is 147 Å². The van der Waals surface area contributed by atoms with Gasteiger partial charge in [0.25, 0.3) is 0 Å². The summed E-state index contributed by atoms with van der Waals surface area (Å²) in [5.74, 6) is 0.968. The third kappa shape index (κ3) is 3.48. The Morgan fingerprint density at radius 1 is 1.38 bits per heavy atom. The maximum absolute atomic E-state index is 6.08. The monoisotopic (exact) mass is 343 g/mol. The molecule has 2 aromatic rings. The Bertz CT molecular complexity index is 633. The number of nitrogens with one attached hydrogen (secondary N) is 1. The lowest BCUT2D eigenvalue weighted by molar-refractivity contribution is -0.0228. The van der Waals surface area contributed by atoms with Crippen LogP contribution in [0.3, 0.4) is 0 Å². The molecule has 2 fully saturated rings. The highest BCUT2D eigenvalue weighted by molar-refractivity contribution is 7.07. The lowest BCUT2D eigenvalue weighted by Crippen LogP contribution is -2.49. The number of aromatic nitrogens is 1. The van der Waals surface area contributed by atoms with Gasteiger partial charge in [-0.25, -0.2) is 4.98 Å². The third-order valence-corrected chi connectivity index (χ3v) is 6.16. The van der Waals surface area contributed by atoms with Gasteiger partial charge in [0.05, 0.1) is 6.10 Å². The van der Waals surface area contributed by atoms with Crippen molar-refractivity contribution in [2.45, 2.75) is 31.9 Å². The number of rotatable bonds is 6. The molecule has 0 aromatic carbocycles. The number of nitrogens with zero attached hydrogens (tertiary/aromatic N) is 2. The van der Waals surface area contributed by atoms with Gasteiger partial charge < -0.3 is 10.1 Å². The van der Waals surface area contributed by atoms with Crippen LogP contribution in [-0.2, 0) is 11.3 Å². The largest absolute Gasteiger partial charge is 0.378 e. The topological polar surface area (TPSA) is 37.4 Å². The molecule has 24 heavy (non-hydrogen) atoms. The van der Waals surface area contributed by atoms with Crippen molar-refractivity contribution in [3.05, 3.63) is 46.8 Å². The summed E-state index contributed by atoms with van der Waals surface area (Å²) < 4.78 is 6.08. The summed E-state index contributed by atoms with van der Waals surface area (Å²) >= 11 is 1.79. The molecule has 0 radical (unpaired) electrons. The van der Waals surface area contributed by atoms with E-state index in [9.17, 15) is 0 Å². The average molecular weight is 343 g/mol. The van der Waals surface area contributed by atoms with Gasteiger partial charge in [0.15, 0.2) is 0 Å². The van der Waals surface area contributed by atoms with Crippen molar-refractivity contribution in [1.29, 1.82) is 0 Å². The number of thiophene rings is 1. The molecule has 2 aromatic heterocycles. The summed E-state index contributed by atoms with van der Waals surface area (Å²) in [6.45, 7) is 5.25. The third-order valence-electron chi connectivity index (χ3n) is 5.43. The molecule has 128 valence electrons. The zero-order chi connectivity index (χ0) is 16.2. The molecule has 0 spiro atoms. The van der Waals surface area contributed by atoms with Crippen LogP contribution in [0.15, 0.2) is 41.2 Å². The number of fused-ring (bicyclic) bond motifs is 1. The Hall–Kier alpha value is -1.43. The van der Waals surface area contributed by atoms with Gasteiger partial charge in [0.1, 0.15) is 5.82 Å². The highest BCUT2D eigenvalue weighted by atomic mass is 32.1. The molecule has 0 unspecified atom stereocenters. The van der Waals surface area contributed by atoms with E-state index in [2.05, 4.69) is 32.0 Å². The standard InChI is InChI=1S/C19H25N3OS/c1-2-8-20-18(3-1)21-9-6-19-7-11-23-17(19)4-10-22(15-19)13-16-5-12-24-14-16/h1-3,5,8,12,14,17H,4,6-7,9-11,13,15H2,(H,20,21)/t17-,19+/m0/s1. The van der Waals surface area contributed by atoms with Gasteiger partial charge in [-0.3, -0.25) is 4.90 Å². The Balaban J connectivity index is 1.38. The summed E-state index contributed by atoms with van der Waals surface area (Å²) in [7, 11) is 0. The van der Waals surface area contributed by atoms with Crippen LogP contribution in [0.25, 0.3) is 0 Å². The Morgan fingerprint density at radius 2 is 2.38 bits per heavy atom. The number of ether oxygens (including phenoxy) is 1. The highest BCUT2D eigenvalue weighted by Crippen LogP contribution is 2.43. The smallest absolute Gasteiger partial charge is 0.125 e. The number of piperidine rings is 1. The minimum Gasteiger partial charge on any atom is -0.378 e. The predicted molar refractivity (Wildman–Crippen MR) is 98.3 cm³/mol. The molecule has 2 saturated heterocycles. The summed E-state index contributed by atoms with van der Waals surface area (Å²) in [5.41, 5.74) is 1.75. The zero-order valence-corrected chi connectivity index (χ0v) is 14.8. The molecule has 5 heteroatoms. The lowest BCUT2D eigenvalue weighted by atomic mass is 9.74. The van der Waals surface area contributed by atoms with Gasteiger partial charge in [-0.2, -0.15) is 11.3 Å². The van der Waals surface area contributed by atoms with Crippen molar-refractivity contribution in [2.75, 3.05) is 31.6 Å². The molecule has 0 saturated carbocycles. The number of hydrogen-bond donors (Lipinski definition) is 1. The zero-order valence-electron chi connectivity index (χ0n) is 14.0. The summed E-state index contributed by atoms with van der Waals surface area (Å²) in [6.07, 6.45) is 5.76. The second-order valence-corrected chi connectivity index (χ2v) is 7.77. The van der Waals surface area contributed by atoms with Crippen LogP contribution in [0.2, 0.25) is 0 Å². The van der Waals surface area contributed by atoms with E-state index in [-0.39, 0.29) is 0 Å². The molecule has 2 atom stereocenters. The Kier molecular flexibility index (Phi) is 4.83. The molecule has 4 nitrogen and oxygen atoms in total. The maximum Gasteiger partial charge on any atom is 0.125 e. The van der Waals surface area contributed by atoms with Gasteiger partial charge in [0, 0.05) is 44.4 Å². The van der Waals surface area contributed by atoms with Crippen LogP contribution in [0.4, 0.5) is 5.82 Å². The average Bonchev–Trinajstić information content (AvgIpc) is 3.25. The van der Waals surface area contributed by atoms with E-state index >= 15 is 0 Å². The van der Waals surface area contributed by atoms with Crippen molar-refractivity contribution in [3.63, 3.8) is 0 Å². The van der Waals surface area contributed by atoms with Gasteiger partial charge in [-0.15, -0.1) is 0 Å². The fourth-order valence-corrected chi connectivity index (χ4v) is 4.84. The van der Waals surface area contributed by atoms with Crippen molar-refractivity contribution < 1.29 is 4.74 Å². The summed E-state index contributed by atoms with van der Waals surface area (Å²) in [4.78, 5) is 6.98. The molecule has 2 aliphatic heterocycles. The normalized spacial score (nSPS) is 27.1. The second-order valence-electron chi connectivity index (χ2n) is 6.99. The van der Waals surface area contributed by atoms with Crippen LogP contribution in [0.1, 0.15) is 24.8 Å². The molecular weight excluding hydrogens is 318 g/mol. The van der Waals surface area contributed by atoms with Gasteiger partial charge >= 0.3 is 0 Å². The van der Waals surface area contributed by atoms with E-state index in [1.54, 1.807) is 11.3 Å². The van der Waals surface area contributed by atoms with E-state index in [1.807, 2.05) is 24.4 Å². The molecular formula is C19H25N3OS. The van der Waals surface area contributed by atoms with E-state index in [1.165, 1.54) is 12.0 Å². The molecule has 0 aliphatic carbocycles. The first-order valence-corrected chi connectivity index (χ1v) is 9.78. The van der Waals surface area contributed by atoms with Crippen molar-refractivity contribution in [1.82, 2.24) is 9.88 Å². The number of likely N-dealkylation sites (tertiary alicyclic amines) is 1. The van der Waals surface area contributed by atoms with Gasteiger partial charge in [-0.1, -0.05) is 6.07 Å². The summed E-state index contributed by atoms with van der Waals surface area (Å²) in [6, 6.07) is 8.26. The van der Waals surface area contributed by atoms with Gasteiger partial charge in [0.2, 0.25) is 0 Å². The summed E-state index contributed by atoms with van der Waals surface area (Å²) in [5, 5.41) is 7.92. The molecule has 4 heterocycles. The molecule has 4 rings (SSSR count). The first kappa shape index (κ1) is 16.1. The van der Waals surface area contributed by atoms with Crippen LogP contribution in [0, 0.1) is 5.41 Å². The fraction of sp³-hybridized carbons (Fsp3) is 0.526. The van der Waals surface area contributed by atoms with Crippen LogP contribution < -0.4 is 5.32 Å². The fourth-order valence-electron chi connectivity index (χ4n) is 4.18. The first-order chi connectivity index (χ1) is 11.8. The predicted octanol–water partition coefficient (Wildman–Crippen LogP) is 3.63. The maximum atomic E-state index is 6.08. The number of hydrogen-bond acceptors (Lipinski definition) is 5. The van der Waals surface area contributed by atoms with Gasteiger partial charge in [-0.05, 0) is 53.8 Å². The lowest BCUT2D eigenvalue weighted by Gasteiger charge is -2.44. The first-order valence-electron chi connectivity index (χ1n) is 8.84. The Morgan fingerprint density at radius 3 is 3.21 bits per heavy atom.